The lowest BCUT2D eigenvalue weighted by atomic mass is 9.50. The van der Waals surface area contributed by atoms with Crippen LogP contribution in [0, 0.1) is 28.1 Å². The molecule has 2 heteroatoms. The molecule has 6 atom stereocenters. The number of benzene rings is 1. The van der Waals surface area contributed by atoms with E-state index in [1.807, 2.05) is 0 Å². The molecule has 0 spiro atoms. The van der Waals surface area contributed by atoms with Crippen molar-refractivity contribution in [1.29, 1.82) is 0 Å². The second-order valence-corrected chi connectivity index (χ2v) is 13.8. The van der Waals surface area contributed by atoms with Crippen LogP contribution in [0.3, 0.4) is 0 Å². The van der Waals surface area contributed by atoms with Gasteiger partial charge >= 0.3 is 0 Å². The lowest BCUT2D eigenvalue weighted by molar-refractivity contribution is -0.0607. The Balaban J connectivity index is 1.57. The molecule has 0 aromatic heterocycles. The van der Waals surface area contributed by atoms with Gasteiger partial charge < -0.3 is 9.84 Å². The second kappa shape index (κ2) is 7.00. The van der Waals surface area contributed by atoms with Crippen LogP contribution in [-0.4, -0.2) is 17.3 Å². The lowest BCUT2D eigenvalue weighted by Gasteiger charge is -2.54. The minimum Gasteiger partial charge on any atom is -0.489 e. The summed E-state index contributed by atoms with van der Waals surface area (Å²) in [7, 11) is 0. The standard InChI is InChI=1S/C30H46O2/c1-18(2)21-14-19-10-11-24-27(3,4)12-9-13-29(24,7)22(19)17-23(21)32-26-16-20-15-25(31)30(26,8)28(20,5)6/h14,17-18,20,24-26,31H,9-13,15-16H2,1-8H3/t20-,24-,25+,26-,29+,30+/m0/s1. The van der Waals surface area contributed by atoms with Crippen LogP contribution in [0.25, 0.3) is 0 Å². The molecule has 1 aromatic carbocycles. The molecule has 3 fully saturated rings. The summed E-state index contributed by atoms with van der Waals surface area (Å²) in [5.74, 6) is 2.84. The predicted molar refractivity (Wildman–Crippen MR) is 132 cm³/mol. The van der Waals surface area contributed by atoms with Gasteiger partial charge in [0.05, 0.1) is 6.10 Å². The molecule has 1 aromatic rings. The Morgan fingerprint density at radius 1 is 1.00 bits per heavy atom. The number of hydrogen-bond donors (Lipinski definition) is 1. The first kappa shape index (κ1) is 22.8. The van der Waals surface area contributed by atoms with Crippen molar-refractivity contribution in [2.75, 3.05) is 0 Å². The Morgan fingerprint density at radius 3 is 2.34 bits per heavy atom. The number of rotatable bonds is 3. The van der Waals surface area contributed by atoms with Crippen molar-refractivity contribution >= 4 is 0 Å². The molecular weight excluding hydrogens is 392 g/mol. The number of ether oxygens (including phenoxy) is 1. The van der Waals surface area contributed by atoms with Gasteiger partial charge in [0.25, 0.3) is 0 Å². The summed E-state index contributed by atoms with van der Waals surface area (Å²) in [4.78, 5) is 0. The summed E-state index contributed by atoms with van der Waals surface area (Å²) < 4.78 is 6.99. The molecule has 0 radical (unpaired) electrons. The van der Waals surface area contributed by atoms with Gasteiger partial charge in [0.15, 0.2) is 0 Å². The highest BCUT2D eigenvalue weighted by atomic mass is 16.5. The topological polar surface area (TPSA) is 29.5 Å². The minimum atomic E-state index is -0.262. The number of hydrogen-bond acceptors (Lipinski definition) is 2. The van der Waals surface area contributed by atoms with E-state index in [0.717, 1.165) is 24.5 Å². The zero-order valence-electron chi connectivity index (χ0n) is 21.8. The molecule has 4 aliphatic carbocycles. The van der Waals surface area contributed by atoms with Crippen LogP contribution >= 0.6 is 0 Å². The lowest BCUT2D eigenvalue weighted by Crippen LogP contribution is -2.48. The highest BCUT2D eigenvalue weighted by molar-refractivity contribution is 5.49. The smallest absolute Gasteiger partial charge is 0.123 e. The summed E-state index contributed by atoms with van der Waals surface area (Å²) in [6.07, 6.45) is 8.32. The molecule has 1 N–H and O–H groups in total. The summed E-state index contributed by atoms with van der Waals surface area (Å²) in [5.41, 5.74) is 5.09. The van der Waals surface area contributed by atoms with Gasteiger partial charge in [-0.1, -0.05) is 67.9 Å². The van der Waals surface area contributed by atoms with Crippen LogP contribution in [0.2, 0.25) is 0 Å². The van der Waals surface area contributed by atoms with Gasteiger partial charge in [0, 0.05) is 5.41 Å². The second-order valence-electron chi connectivity index (χ2n) is 13.8. The van der Waals surface area contributed by atoms with E-state index in [1.165, 1.54) is 37.7 Å². The van der Waals surface area contributed by atoms with Crippen molar-refractivity contribution < 1.29 is 9.84 Å². The van der Waals surface area contributed by atoms with Crippen LogP contribution in [0.15, 0.2) is 12.1 Å². The molecule has 178 valence electrons. The van der Waals surface area contributed by atoms with Crippen LogP contribution in [0.1, 0.15) is 117 Å². The molecule has 4 aliphatic rings. The fraction of sp³-hybridized carbons (Fsp3) is 0.800. The molecule has 0 saturated heterocycles. The quantitative estimate of drug-likeness (QED) is 0.532. The number of aliphatic hydroxyl groups is 1. The largest absolute Gasteiger partial charge is 0.489 e. The summed E-state index contributed by atoms with van der Waals surface area (Å²) in [5, 5.41) is 11.0. The number of aryl methyl sites for hydroxylation is 1. The fourth-order valence-corrected chi connectivity index (χ4v) is 8.91. The maximum atomic E-state index is 11.0. The molecule has 0 aliphatic heterocycles. The first-order valence-corrected chi connectivity index (χ1v) is 13.3. The first-order valence-electron chi connectivity index (χ1n) is 13.3. The van der Waals surface area contributed by atoms with Crippen molar-refractivity contribution in [3.63, 3.8) is 0 Å². The molecule has 32 heavy (non-hydrogen) atoms. The van der Waals surface area contributed by atoms with E-state index in [-0.39, 0.29) is 28.5 Å². The molecule has 0 amide bonds. The van der Waals surface area contributed by atoms with Crippen LogP contribution in [-0.2, 0) is 11.8 Å². The Bertz CT molecular complexity index is 912. The van der Waals surface area contributed by atoms with Gasteiger partial charge in [-0.2, -0.15) is 0 Å². The summed E-state index contributed by atoms with van der Waals surface area (Å²) in [6.45, 7) is 19.1. The average Bonchev–Trinajstić information content (AvgIpc) is 2.98. The average molecular weight is 439 g/mol. The number of aliphatic hydroxyl groups excluding tert-OH is 1. The van der Waals surface area contributed by atoms with Crippen LogP contribution in [0.5, 0.6) is 5.75 Å². The monoisotopic (exact) mass is 438 g/mol. The molecular formula is C30H46O2. The van der Waals surface area contributed by atoms with E-state index >= 15 is 0 Å². The zero-order chi connectivity index (χ0) is 23.3. The van der Waals surface area contributed by atoms with Gasteiger partial charge in [-0.05, 0) is 95.3 Å². The van der Waals surface area contributed by atoms with Crippen molar-refractivity contribution in [3.8, 4) is 5.75 Å². The SMILES string of the molecule is CC(C)c1cc2c(cc1O[C@H]1C[C@@H]3C[C@@H](O)[C@@]1(C)C3(C)C)[C@@]1(C)CCCC(C)(C)[C@@H]1CC2. The maximum Gasteiger partial charge on any atom is 0.123 e. The van der Waals surface area contributed by atoms with Crippen molar-refractivity contribution in [1.82, 2.24) is 0 Å². The molecule has 5 rings (SSSR count). The minimum absolute atomic E-state index is 0.0943. The highest BCUT2D eigenvalue weighted by Crippen LogP contribution is 2.66. The molecule has 0 heterocycles. The third-order valence-electron chi connectivity index (χ3n) is 11.5. The van der Waals surface area contributed by atoms with Crippen LogP contribution < -0.4 is 4.74 Å². The zero-order valence-corrected chi connectivity index (χ0v) is 21.8. The van der Waals surface area contributed by atoms with Crippen molar-refractivity contribution in [2.45, 2.75) is 124 Å². The normalized spacial score (nSPS) is 41.4. The molecule has 2 bridgehead atoms. The van der Waals surface area contributed by atoms with Crippen molar-refractivity contribution in [2.24, 2.45) is 28.1 Å². The van der Waals surface area contributed by atoms with E-state index in [9.17, 15) is 5.11 Å². The van der Waals surface area contributed by atoms with Gasteiger partial charge in [0.2, 0.25) is 0 Å². The summed E-state index contributed by atoms with van der Waals surface area (Å²) in [6, 6.07) is 4.96. The molecule has 2 nitrogen and oxygen atoms in total. The van der Waals surface area contributed by atoms with Gasteiger partial charge in [-0.15, -0.1) is 0 Å². The van der Waals surface area contributed by atoms with Gasteiger partial charge in [-0.3, -0.25) is 0 Å². The van der Waals surface area contributed by atoms with Gasteiger partial charge in [0.1, 0.15) is 11.9 Å². The van der Waals surface area contributed by atoms with E-state index in [2.05, 4.69) is 67.5 Å². The van der Waals surface area contributed by atoms with E-state index in [0.29, 0.717) is 17.3 Å². The fourth-order valence-electron chi connectivity index (χ4n) is 8.91. The van der Waals surface area contributed by atoms with E-state index in [4.69, 9.17) is 4.74 Å². The third-order valence-corrected chi connectivity index (χ3v) is 11.5. The Morgan fingerprint density at radius 2 is 1.72 bits per heavy atom. The Labute approximate surface area is 196 Å². The van der Waals surface area contributed by atoms with E-state index in [1.54, 1.807) is 11.1 Å². The van der Waals surface area contributed by atoms with Crippen molar-refractivity contribution in [3.05, 3.63) is 28.8 Å². The van der Waals surface area contributed by atoms with E-state index < -0.39 is 0 Å². The Hall–Kier alpha value is -1.02. The maximum absolute atomic E-state index is 11.0. The Kier molecular flexibility index (Phi) is 4.98. The van der Waals surface area contributed by atoms with Crippen LogP contribution in [0.4, 0.5) is 0 Å². The first-order chi connectivity index (χ1) is 14.8. The molecule has 3 saturated carbocycles. The third kappa shape index (κ3) is 2.87. The number of fused-ring (bicyclic) bond motifs is 5. The van der Waals surface area contributed by atoms with Gasteiger partial charge in [-0.25, -0.2) is 0 Å². The highest BCUT2D eigenvalue weighted by Gasteiger charge is 2.67. The summed E-state index contributed by atoms with van der Waals surface area (Å²) >= 11 is 0. The molecule has 0 unspecified atom stereocenters. The predicted octanol–water partition coefficient (Wildman–Crippen LogP) is 7.40.